The van der Waals surface area contributed by atoms with E-state index in [1.807, 2.05) is 27.4 Å². The van der Waals surface area contributed by atoms with Gasteiger partial charge in [-0.05, 0) is 33.1 Å². The van der Waals surface area contributed by atoms with E-state index in [2.05, 4.69) is 30.6 Å². The van der Waals surface area contributed by atoms with Crippen LogP contribution in [0.3, 0.4) is 0 Å². The lowest BCUT2D eigenvalue weighted by atomic mass is 9.90. The Morgan fingerprint density at radius 1 is 1.29 bits per heavy atom. The van der Waals surface area contributed by atoms with Crippen LogP contribution in [-0.4, -0.2) is 94.5 Å². The van der Waals surface area contributed by atoms with Crippen molar-refractivity contribution in [3.05, 3.63) is 29.6 Å². The molecule has 8 heteroatoms. The summed E-state index contributed by atoms with van der Waals surface area (Å²) in [5.74, 6) is 2.14. The third-order valence-electron chi connectivity index (χ3n) is 6.84. The number of hydrogen-bond donors (Lipinski definition) is 1. The number of amides is 1. The van der Waals surface area contributed by atoms with E-state index in [1.165, 1.54) is 5.69 Å². The summed E-state index contributed by atoms with van der Waals surface area (Å²) in [6.07, 6.45) is 4.77. The molecule has 0 spiro atoms. The van der Waals surface area contributed by atoms with Gasteiger partial charge in [-0.15, -0.1) is 6.58 Å². The van der Waals surface area contributed by atoms with Crippen LogP contribution in [-0.2, 0) is 24.1 Å². The number of thioether (sulfide) groups is 1. The standard InChI is InChI=1S/C23H37N5O2S/c1-4-7-28-20-6-5-18(24-17-23(2,3)27-8-12-30-13-9-27)16-19(20)21(25-28)22(29)26-10-14-31-15-11-26/h4,18,24H,1,5-17H2,2-3H3/t18-/m1/s1. The lowest BCUT2D eigenvalue weighted by Crippen LogP contribution is -2.56. The molecule has 1 aromatic rings. The van der Waals surface area contributed by atoms with Gasteiger partial charge < -0.3 is 15.0 Å². The van der Waals surface area contributed by atoms with E-state index >= 15 is 0 Å². The zero-order chi connectivity index (χ0) is 21.8. The van der Waals surface area contributed by atoms with Gasteiger partial charge in [-0.3, -0.25) is 14.4 Å². The maximum Gasteiger partial charge on any atom is 0.274 e. The first-order valence-electron chi connectivity index (χ1n) is 11.6. The topological polar surface area (TPSA) is 62.6 Å². The number of nitrogens with zero attached hydrogens (tertiary/aromatic N) is 4. The van der Waals surface area contributed by atoms with Crippen molar-refractivity contribution in [2.75, 3.05) is 57.4 Å². The van der Waals surface area contributed by atoms with Gasteiger partial charge in [0, 0.05) is 67.1 Å². The summed E-state index contributed by atoms with van der Waals surface area (Å²) >= 11 is 1.92. The fraction of sp³-hybridized carbons (Fsp3) is 0.739. The number of nitrogens with one attached hydrogen (secondary N) is 1. The lowest BCUT2D eigenvalue weighted by molar-refractivity contribution is -0.0104. The highest BCUT2D eigenvalue weighted by Gasteiger charge is 2.33. The van der Waals surface area contributed by atoms with Gasteiger partial charge >= 0.3 is 0 Å². The second-order valence-electron chi connectivity index (χ2n) is 9.38. The number of hydrogen-bond acceptors (Lipinski definition) is 6. The molecule has 0 radical (unpaired) electrons. The van der Waals surface area contributed by atoms with Gasteiger partial charge in [0.25, 0.3) is 5.91 Å². The summed E-state index contributed by atoms with van der Waals surface area (Å²) in [6, 6.07) is 0.373. The van der Waals surface area contributed by atoms with Crippen LogP contribution >= 0.6 is 11.8 Å². The molecule has 0 aromatic carbocycles. The van der Waals surface area contributed by atoms with E-state index < -0.39 is 0 Å². The summed E-state index contributed by atoms with van der Waals surface area (Å²) in [7, 11) is 0. The number of morpholine rings is 1. The number of rotatable bonds is 7. The lowest BCUT2D eigenvalue weighted by Gasteiger charge is -2.42. The highest BCUT2D eigenvalue weighted by molar-refractivity contribution is 7.99. The SMILES string of the molecule is C=CCn1nc(C(=O)N2CCSCC2)c2c1CC[C@@H](NCC(C)(C)N1CCOCC1)C2. The predicted molar refractivity (Wildman–Crippen MR) is 126 cm³/mol. The summed E-state index contributed by atoms with van der Waals surface area (Å²) in [6.45, 7) is 15.4. The number of carbonyl (C=O) groups excluding carboxylic acids is 1. The molecule has 1 atom stereocenters. The van der Waals surface area contributed by atoms with Gasteiger partial charge in [0.1, 0.15) is 0 Å². The predicted octanol–water partition coefficient (Wildman–Crippen LogP) is 1.82. The van der Waals surface area contributed by atoms with E-state index in [9.17, 15) is 4.79 Å². The molecule has 0 bridgehead atoms. The minimum absolute atomic E-state index is 0.0845. The van der Waals surface area contributed by atoms with Gasteiger partial charge in [-0.25, -0.2) is 0 Å². The van der Waals surface area contributed by atoms with Gasteiger partial charge in [-0.2, -0.15) is 16.9 Å². The molecule has 0 saturated carbocycles. The van der Waals surface area contributed by atoms with Crippen molar-refractivity contribution in [3.63, 3.8) is 0 Å². The fourth-order valence-corrected chi connectivity index (χ4v) is 5.80. The highest BCUT2D eigenvalue weighted by Crippen LogP contribution is 2.27. The van der Waals surface area contributed by atoms with Gasteiger partial charge in [0.15, 0.2) is 5.69 Å². The Morgan fingerprint density at radius 3 is 2.74 bits per heavy atom. The average Bonchev–Trinajstić information content (AvgIpc) is 3.16. The van der Waals surface area contributed by atoms with Crippen LogP contribution in [0.5, 0.6) is 0 Å². The van der Waals surface area contributed by atoms with Crippen molar-refractivity contribution in [2.45, 2.75) is 51.2 Å². The quantitative estimate of drug-likeness (QED) is 0.644. The Labute approximate surface area is 190 Å². The highest BCUT2D eigenvalue weighted by atomic mass is 32.2. The first-order chi connectivity index (χ1) is 15.0. The molecule has 1 amide bonds. The van der Waals surface area contributed by atoms with Crippen LogP contribution < -0.4 is 5.32 Å². The Hall–Kier alpha value is -1.35. The maximum absolute atomic E-state index is 13.3. The Morgan fingerprint density at radius 2 is 2.03 bits per heavy atom. The van der Waals surface area contributed by atoms with Crippen LogP contribution in [0.4, 0.5) is 0 Å². The Kier molecular flexibility index (Phi) is 7.41. The van der Waals surface area contributed by atoms with Crippen LogP contribution in [0.25, 0.3) is 0 Å². The summed E-state index contributed by atoms with van der Waals surface area (Å²) in [5.41, 5.74) is 3.13. The number of fused-ring (bicyclic) bond motifs is 1. The normalized spacial score (nSPS) is 22.9. The van der Waals surface area contributed by atoms with Crippen LogP contribution in [0.15, 0.2) is 12.7 Å². The van der Waals surface area contributed by atoms with E-state index in [4.69, 9.17) is 9.84 Å². The molecular formula is C23H37N5O2S. The largest absolute Gasteiger partial charge is 0.379 e. The van der Waals surface area contributed by atoms with Crippen LogP contribution in [0.1, 0.15) is 42.0 Å². The molecule has 0 unspecified atom stereocenters. The van der Waals surface area contributed by atoms with E-state index in [-0.39, 0.29) is 11.4 Å². The molecule has 7 nitrogen and oxygen atoms in total. The van der Waals surface area contributed by atoms with Crippen molar-refractivity contribution in [2.24, 2.45) is 0 Å². The van der Waals surface area contributed by atoms with Crippen molar-refractivity contribution in [1.29, 1.82) is 0 Å². The molecule has 3 heterocycles. The number of ether oxygens (including phenoxy) is 1. The van der Waals surface area contributed by atoms with Crippen molar-refractivity contribution >= 4 is 17.7 Å². The molecule has 1 aromatic heterocycles. The molecule has 1 N–H and O–H groups in total. The van der Waals surface area contributed by atoms with E-state index in [0.717, 1.165) is 82.3 Å². The van der Waals surface area contributed by atoms with Gasteiger partial charge in [0.2, 0.25) is 0 Å². The minimum Gasteiger partial charge on any atom is -0.379 e. The number of aromatic nitrogens is 2. The summed E-state index contributed by atoms with van der Waals surface area (Å²) in [5, 5.41) is 8.59. The van der Waals surface area contributed by atoms with Gasteiger partial charge in [-0.1, -0.05) is 6.08 Å². The molecule has 2 fully saturated rings. The zero-order valence-electron chi connectivity index (χ0n) is 19.1. The Bertz CT molecular complexity index is 781. The second-order valence-corrected chi connectivity index (χ2v) is 10.6. The number of allylic oxidation sites excluding steroid dienone is 1. The zero-order valence-corrected chi connectivity index (χ0v) is 19.9. The van der Waals surface area contributed by atoms with Crippen molar-refractivity contribution in [1.82, 2.24) is 24.9 Å². The molecule has 2 aliphatic heterocycles. The smallest absolute Gasteiger partial charge is 0.274 e. The molecule has 3 aliphatic rings. The summed E-state index contributed by atoms with van der Waals surface area (Å²) in [4.78, 5) is 17.8. The first kappa shape index (κ1) is 22.8. The average molecular weight is 448 g/mol. The number of carbonyl (C=O) groups is 1. The van der Waals surface area contributed by atoms with Crippen LogP contribution in [0.2, 0.25) is 0 Å². The molecule has 4 rings (SSSR count). The first-order valence-corrected chi connectivity index (χ1v) is 12.8. The molecule has 2 saturated heterocycles. The van der Waals surface area contributed by atoms with E-state index in [0.29, 0.717) is 18.3 Å². The minimum atomic E-state index is 0.0845. The third kappa shape index (κ3) is 5.18. The Balaban J connectivity index is 1.46. The maximum atomic E-state index is 13.3. The summed E-state index contributed by atoms with van der Waals surface area (Å²) < 4.78 is 7.52. The third-order valence-corrected chi connectivity index (χ3v) is 7.78. The molecule has 1 aliphatic carbocycles. The molecular weight excluding hydrogens is 410 g/mol. The van der Waals surface area contributed by atoms with Crippen LogP contribution in [0, 0.1) is 0 Å². The van der Waals surface area contributed by atoms with Crippen molar-refractivity contribution in [3.8, 4) is 0 Å². The molecule has 172 valence electrons. The monoisotopic (exact) mass is 447 g/mol. The van der Waals surface area contributed by atoms with Gasteiger partial charge in [0.05, 0.1) is 19.8 Å². The van der Waals surface area contributed by atoms with Crippen molar-refractivity contribution < 1.29 is 9.53 Å². The van der Waals surface area contributed by atoms with E-state index in [1.54, 1.807) is 0 Å². The fourth-order valence-electron chi connectivity index (χ4n) is 4.90. The molecule has 31 heavy (non-hydrogen) atoms. The second kappa shape index (κ2) is 10.1.